The quantitative estimate of drug-likeness (QED) is 0.207. The van der Waals surface area contributed by atoms with Crippen LogP contribution in [-0.2, 0) is 14.6 Å². The van der Waals surface area contributed by atoms with Crippen LogP contribution in [0.3, 0.4) is 0 Å². The summed E-state index contributed by atoms with van der Waals surface area (Å²) >= 11 is 0. The van der Waals surface area contributed by atoms with Crippen molar-refractivity contribution in [2.24, 2.45) is 40.4 Å². The van der Waals surface area contributed by atoms with Gasteiger partial charge in [0.1, 0.15) is 0 Å². The lowest BCUT2D eigenvalue weighted by molar-refractivity contribution is -0.268. The van der Waals surface area contributed by atoms with E-state index in [1.165, 1.54) is 6.92 Å². The van der Waals surface area contributed by atoms with E-state index in [0.717, 1.165) is 12.8 Å². The molecule has 10 heteroatoms. The summed E-state index contributed by atoms with van der Waals surface area (Å²) in [6, 6.07) is 0. The number of hydrogen-bond donors (Lipinski definition) is 6. The first-order chi connectivity index (χ1) is 16.9. The van der Waals surface area contributed by atoms with Gasteiger partial charge in [-0.3, -0.25) is 4.55 Å². The maximum absolute atomic E-state index is 11.6. The molecule has 0 radical (unpaired) electrons. The topological polar surface area (TPSA) is 165 Å². The van der Waals surface area contributed by atoms with Gasteiger partial charge in [-0.05, 0) is 86.9 Å². The second-order valence-corrected chi connectivity index (χ2v) is 14.5. The fraction of sp³-hybridized carbons (Fsp3) is 0.926. The molecular formula is C27H46O9S. The molecule has 214 valence electrons. The van der Waals surface area contributed by atoms with Crippen molar-refractivity contribution in [1.29, 1.82) is 0 Å². The highest BCUT2D eigenvalue weighted by Gasteiger charge is 2.68. The normalized spacial score (nSPS) is 48.6. The van der Waals surface area contributed by atoms with Crippen LogP contribution < -0.4 is 0 Å². The lowest BCUT2D eigenvalue weighted by atomic mass is 9.42. The number of hydrogen-bond acceptors (Lipinski definition) is 8. The van der Waals surface area contributed by atoms with Gasteiger partial charge in [0, 0.05) is 11.8 Å². The maximum atomic E-state index is 11.6. The molecule has 0 saturated heterocycles. The molecule has 0 bridgehead atoms. The molecule has 0 aromatic rings. The molecule has 37 heavy (non-hydrogen) atoms. The fourth-order valence-corrected chi connectivity index (χ4v) is 9.52. The van der Waals surface area contributed by atoms with E-state index in [9.17, 15) is 34.0 Å². The highest BCUT2D eigenvalue weighted by atomic mass is 32.3. The molecule has 4 aliphatic rings. The summed E-state index contributed by atoms with van der Waals surface area (Å²) in [6.07, 6.45) is 6.22. The number of fused-ring (bicyclic) bond motifs is 5. The van der Waals surface area contributed by atoms with Gasteiger partial charge < -0.3 is 25.5 Å². The summed E-state index contributed by atoms with van der Waals surface area (Å²) in [7, 11) is -4.63. The summed E-state index contributed by atoms with van der Waals surface area (Å²) in [5.41, 5.74) is -3.44. The SMILES string of the molecule is C[C@H](/C=C/C[C@](C)(O)COS(=O)(=O)O)[C@H]1C[C@@H](O)C2C3C[C@@H](O)[C@@]4(O)C[C@@H](O)CC[C@]4(C)C3CC[C@@]21C. The van der Waals surface area contributed by atoms with Crippen LogP contribution in [0.15, 0.2) is 12.2 Å². The van der Waals surface area contributed by atoms with Gasteiger partial charge in [-0.25, -0.2) is 4.18 Å². The van der Waals surface area contributed by atoms with Crippen LogP contribution in [0.25, 0.3) is 0 Å². The van der Waals surface area contributed by atoms with E-state index in [1.807, 2.05) is 6.08 Å². The maximum Gasteiger partial charge on any atom is 0.397 e. The number of allylic oxidation sites excluding steroid dienone is 1. The van der Waals surface area contributed by atoms with Crippen LogP contribution in [0, 0.1) is 40.4 Å². The Morgan fingerprint density at radius 3 is 2.46 bits per heavy atom. The van der Waals surface area contributed by atoms with Crippen LogP contribution >= 0.6 is 0 Å². The van der Waals surface area contributed by atoms with Crippen molar-refractivity contribution in [1.82, 2.24) is 0 Å². The standard InChI is InChI=1S/C27H46O9S/c1-16(6-5-9-24(2,31)15-36-37(33,34)35)20-13-21(29)23-18-12-22(30)27(32)14-17(28)7-11-26(27,4)19(18)8-10-25(20,23)3/h5-6,16-23,28-32H,7-15H2,1-4H3,(H,33,34,35)/b6-5+/t16-,17+,18?,19?,20-,21-,22-,23?,24+,25-,26-,27+/m1/s1. The second kappa shape index (κ2) is 9.80. The van der Waals surface area contributed by atoms with E-state index in [-0.39, 0.29) is 47.8 Å². The van der Waals surface area contributed by atoms with Crippen molar-refractivity contribution in [3.63, 3.8) is 0 Å². The van der Waals surface area contributed by atoms with Crippen molar-refractivity contribution in [2.75, 3.05) is 6.61 Å². The highest BCUT2D eigenvalue weighted by Crippen LogP contribution is 2.69. The van der Waals surface area contributed by atoms with Crippen molar-refractivity contribution in [2.45, 2.75) is 109 Å². The average molecular weight is 547 g/mol. The summed E-state index contributed by atoms with van der Waals surface area (Å²) in [5.74, 6) is 0.529. The van der Waals surface area contributed by atoms with Gasteiger partial charge in [-0.2, -0.15) is 8.42 Å². The third kappa shape index (κ3) is 5.17. The molecule has 4 rings (SSSR count). The third-order valence-electron chi connectivity index (χ3n) is 11.0. The Kier molecular flexibility index (Phi) is 7.79. The van der Waals surface area contributed by atoms with Gasteiger partial charge in [-0.1, -0.05) is 32.9 Å². The molecule has 0 aromatic carbocycles. The van der Waals surface area contributed by atoms with Gasteiger partial charge in [0.05, 0.1) is 36.1 Å². The predicted molar refractivity (Wildman–Crippen MR) is 137 cm³/mol. The Morgan fingerprint density at radius 1 is 1.14 bits per heavy atom. The monoisotopic (exact) mass is 546 g/mol. The van der Waals surface area contributed by atoms with E-state index in [2.05, 4.69) is 25.0 Å². The van der Waals surface area contributed by atoms with E-state index < -0.39 is 51.9 Å². The zero-order chi connectivity index (χ0) is 27.6. The minimum Gasteiger partial charge on any atom is -0.393 e. The number of rotatable bonds is 7. The molecule has 4 saturated carbocycles. The molecule has 4 fully saturated rings. The Morgan fingerprint density at radius 2 is 1.81 bits per heavy atom. The minimum atomic E-state index is -4.63. The lowest BCUT2D eigenvalue weighted by Crippen LogP contribution is -2.69. The Balaban J connectivity index is 1.50. The van der Waals surface area contributed by atoms with Gasteiger partial charge in [0.15, 0.2) is 0 Å². The van der Waals surface area contributed by atoms with Crippen LogP contribution in [0.5, 0.6) is 0 Å². The molecule has 0 heterocycles. The summed E-state index contributed by atoms with van der Waals surface area (Å²) in [4.78, 5) is 0. The fourth-order valence-electron chi connectivity index (χ4n) is 9.12. The van der Waals surface area contributed by atoms with E-state index in [4.69, 9.17) is 4.55 Å². The summed E-state index contributed by atoms with van der Waals surface area (Å²) < 4.78 is 34.7. The van der Waals surface area contributed by atoms with Crippen LogP contribution in [0.2, 0.25) is 0 Å². The molecular weight excluding hydrogens is 500 g/mol. The predicted octanol–water partition coefficient (Wildman–Crippen LogP) is 2.22. The molecule has 0 spiro atoms. The third-order valence-corrected chi connectivity index (χ3v) is 11.5. The number of aliphatic hydroxyl groups is 5. The van der Waals surface area contributed by atoms with E-state index in [0.29, 0.717) is 25.7 Å². The number of aliphatic hydroxyl groups excluding tert-OH is 3. The zero-order valence-electron chi connectivity index (χ0n) is 22.5. The first-order valence-electron chi connectivity index (χ1n) is 13.7. The largest absolute Gasteiger partial charge is 0.397 e. The molecule has 0 amide bonds. The Labute approximate surface area is 220 Å². The average Bonchev–Trinajstić information content (AvgIpc) is 3.05. The van der Waals surface area contributed by atoms with Crippen molar-refractivity contribution in [3.8, 4) is 0 Å². The van der Waals surface area contributed by atoms with Gasteiger partial charge in [0.2, 0.25) is 0 Å². The van der Waals surface area contributed by atoms with Gasteiger partial charge in [0.25, 0.3) is 0 Å². The van der Waals surface area contributed by atoms with Crippen LogP contribution in [-0.4, -0.2) is 74.6 Å². The van der Waals surface area contributed by atoms with Crippen molar-refractivity contribution in [3.05, 3.63) is 12.2 Å². The lowest BCUT2D eigenvalue weighted by Gasteiger charge is -2.65. The second-order valence-electron chi connectivity index (χ2n) is 13.4. The molecule has 0 aliphatic heterocycles. The van der Waals surface area contributed by atoms with Crippen LogP contribution in [0.1, 0.15) is 79.1 Å². The minimum absolute atomic E-state index is 0.00115. The first-order valence-corrected chi connectivity index (χ1v) is 15.1. The molecule has 0 aromatic heterocycles. The van der Waals surface area contributed by atoms with Gasteiger partial charge in [-0.15, -0.1) is 0 Å². The summed E-state index contributed by atoms with van der Waals surface area (Å²) in [6.45, 7) is 7.29. The van der Waals surface area contributed by atoms with Crippen LogP contribution in [0.4, 0.5) is 0 Å². The zero-order valence-corrected chi connectivity index (χ0v) is 23.3. The first kappa shape index (κ1) is 29.4. The van der Waals surface area contributed by atoms with Gasteiger partial charge >= 0.3 is 10.4 Å². The molecule has 6 N–H and O–H groups in total. The molecule has 9 nitrogen and oxygen atoms in total. The molecule has 12 atom stereocenters. The Hall–Kier alpha value is -0.590. The Bertz CT molecular complexity index is 982. The molecule has 3 unspecified atom stereocenters. The van der Waals surface area contributed by atoms with E-state index in [1.54, 1.807) is 6.08 Å². The summed E-state index contributed by atoms with van der Waals surface area (Å²) in [5, 5.41) is 54.9. The highest BCUT2D eigenvalue weighted by molar-refractivity contribution is 7.80. The van der Waals surface area contributed by atoms with Crippen molar-refractivity contribution < 1.29 is 42.7 Å². The van der Waals surface area contributed by atoms with E-state index >= 15 is 0 Å². The molecule has 4 aliphatic carbocycles. The smallest absolute Gasteiger partial charge is 0.393 e. The van der Waals surface area contributed by atoms with Crippen molar-refractivity contribution >= 4 is 10.4 Å².